The molecule has 2 rings (SSSR count). The molecule has 0 aliphatic heterocycles. The van der Waals surface area contributed by atoms with Gasteiger partial charge in [-0.15, -0.1) is 5.10 Å². The lowest BCUT2D eigenvalue weighted by Crippen LogP contribution is -2.19. The van der Waals surface area contributed by atoms with Crippen LogP contribution in [0.25, 0.3) is 0 Å². The van der Waals surface area contributed by atoms with Crippen molar-refractivity contribution in [3.05, 3.63) is 32.8 Å². The van der Waals surface area contributed by atoms with E-state index < -0.39 is 16.0 Å². The van der Waals surface area contributed by atoms with E-state index in [1.165, 1.54) is 25.2 Å². The molecule has 21 heavy (non-hydrogen) atoms. The summed E-state index contributed by atoms with van der Waals surface area (Å²) in [5, 5.41) is 16.1. The van der Waals surface area contributed by atoms with Crippen molar-refractivity contribution in [2.75, 3.05) is 4.72 Å². The van der Waals surface area contributed by atoms with Crippen molar-refractivity contribution >= 4 is 53.5 Å². The molecule has 2 N–H and O–H groups in total. The first-order chi connectivity index (χ1) is 9.74. The number of sulfonamides is 1. The molecule has 1 heterocycles. The van der Waals surface area contributed by atoms with Crippen LogP contribution in [0.15, 0.2) is 32.3 Å². The quantitative estimate of drug-likeness (QED) is 0.751. The zero-order valence-electron chi connectivity index (χ0n) is 10.4. The van der Waals surface area contributed by atoms with E-state index in [9.17, 15) is 13.2 Å². The molecule has 112 valence electrons. The van der Waals surface area contributed by atoms with Gasteiger partial charge in [0.15, 0.2) is 4.60 Å². The number of hydrogen-bond donors (Lipinski definition) is 2. The fraction of sp³-hybridized carbons (Fsp3) is 0.100. The van der Waals surface area contributed by atoms with E-state index in [1.54, 1.807) is 0 Å². The molecule has 0 amide bonds. The predicted molar refractivity (Wildman–Crippen MR) is 80.6 cm³/mol. The van der Waals surface area contributed by atoms with Gasteiger partial charge in [-0.2, -0.15) is 8.42 Å². The van der Waals surface area contributed by atoms with Crippen molar-refractivity contribution in [1.29, 1.82) is 0 Å². The largest absolute Gasteiger partial charge is 0.478 e. The van der Waals surface area contributed by atoms with Crippen LogP contribution in [0.1, 0.15) is 10.4 Å². The Bertz CT molecular complexity index is 799. The molecule has 0 saturated carbocycles. The van der Waals surface area contributed by atoms with Gasteiger partial charge in [0.1, 0.15) is 0 Å². The minimum absolute atomic E-state index is 0.0291. The smallest absolute Gasteiger partial charge is 0.337 e. The Morgan fingerprint density at radius 2 is 2.05 bits per heavy atom. The first-order valence-corrected chi connectivity index (χ1v) is 8.40. The zero-order valence-corrected chi connectivity index (χ0v) is 14.4. The summed E-state index contributed by atoms with van der Waals surface area (Å²) in [4.78, 5) is 11.2. The molecule has 0 saturated heterocycles. The number of aryl methyl sites for hydroxylation is 1. The highest BCUT2D eigenvalue weighted by atomic mass is 79.9. The fourth-order valence-electron chi connectivity index (χ4n) is 1.60. The molecule has 0 fully saturated rings. The molecule has 0 radical (unpaired) electrons. The Labute approximate surface area is 136 Å². The molecule has 0 aliphatic rings. The minimum Gasteiger partial charge on any atom is -0.478 e. The maximum absolute atomic E-state index is 12.4. The lowest BCUT2D eigenvalue weighted by molar-refractivity contribution is 0.0698. The van der Waals surface area contributed by atoms with Crippen LogP contribution in [0.4, 0.5) is 5.69 Å². The maximum atomic E-state index is 12.4. The summed E-state index contributed by atoms with van der Waals surface area (Å²) in [5.41, 5.74) is -0.252. The Morgan fingerprint density at radius 3 is 2.57 bits per heavy atom. The molecule has 11 heteroatoms. The van der Waals surface area contributed by atoms with E-state index in [0.29, 0.717) is 4.47 Å². The van der Waals surface area contributed by atoms with Gasteiger partial charge >= 0.3 is 5.97 Å². The number of carboxylic acid groups (broad SMARTS) is 1. The third-order valence-corrected chi connectivity index (χ3v) is 5.37. The maximum Gasteiger partial charge on any atom is 0.337 e. The van der Waals surface area contributed by atoms with Gasteiger partial charge in [0, 0.05) is 11.5 Å². The molecule has 0 atom stereocenters. The zero-order chi connectivity index (χ0) is 15.8. The van der Waals surface area contributed by atoms with E-state index >= 15 is 0 Å². The normalized spacial score (nSPS) is 11.4. The molecule has 0 aliphatic carbocycles. The molecule has 0 unspecified atom stereocenters. The Morgan fingerprint density at radius 1 is 1.38 bits per heavy atom. The highest BCUT2D eigenvalue weighted by molar-refractivity contribution is 9.10. The average Bonchev–Trinajstić information content (AvgIpc) is 2.71. The molecule has 1 aromatic heterocycles. The fourth-order valence-corrected chi connectivity index (χ4v) is 4.39. The number of hydrogen-bond acceptors (Lipinski definition) is 5. The number of aromatic nitrogens is 3. The number of para-hydroxylation sites is 1. The number of benzene rings is 1. The second kappa shape index (κ2) is 5.73. The lowest BCUT2D eigenvalue weighted by Gasteiger charge is -2.12. The topological polar surface area (TPSA) is 114 Å². The van der Waals surface area contributed by atoms with Crippen molar-refractivity contribution in [3.8, 4) is 0 Å². The van der Waals surface area contributed by atoms with Gasteiger partial charge in [-0.3, -0.25) is 4.72 Å². The van der Waals surface area contributed by atoms with E-state index in [1.807, 2.05) is 0 Å². The van der Waals surface area contributed by atoms with Gasteiger partial charge in [-0.05, 0) is 44.0 Å². The Kier molecular flexibility index (Phi) is 4.35. The van der Waals surface area contributed by atoms with Gasteiger partial charge in [-0.1, -0.05) is 11.3 Å². The van der Waals surface area contributed by atoms with Crippen molar-refractivity contribution in [1.82, 2.24) is 15.0 Å². The molecular formula is C10H8Br2N4O4S. The standard InChI is InChI=1S/C10H8Br2N4O4S/c1-16-9(8(12)13-15-16)21(19,20)14-7-5(10(17)18)3-2-4-6(7)11/h2-4,14H,1H3,(H,17,18). The second-order valence-electron chi connectivity index (χ2n) is 3.88. The summed E-state index contributed by atoms with van der Waals surface area (Å²) in [5.74, 6) is -1.25. The van der Waals surface area contributed by atoms with Crippen LogP contribution in [0.5, 0.6) is 0 Å². The monoisotopic (exact) mass is 438 g/mol. The number of aromatic carboxylic acids is 1. The summed E-state index contributed by atoms with van der Waals surface area (Å²) in [6.45, 7) is 0. The van der Waals surface area contributed by atoms with E-state index in [4.69, 9.17) is 5.11 Å². The van der Waals surface area contributed by atoms with Gasteiger partial charge in [0.2, 0.25) is 5.03 Å². The lowest BCUT2D eigenvalue weighted by atomic mass is 10.2. The highest BCUT2D eigenvalue weighted by Gasteiger charge is 2.26. The molecule has 8 nitrogen and oxygen atoms in total. The number of rotatable bonds is 4. The third kappa shape index (κ3) is 3.09. The summed E-state index contributed by atoms with van der Waals surface area (Å²) in [6, 6.07) is 4.31. The summed E-state index contributed by atoms with van der Waals surface area (Å²) < 4.78 is 28.4. The summed E-state index contributed by atoms with van der Waals surface area (Å²) in [7, 11) is -2.65. The molecule has 0 spiro atoms. The van der Waals surface area contributed by atoms with Crippen LogP contribution < -0.4 is 4.72 Å². The first kappa shape index (κ1) is 15.9. The van der Waals surface area contributed by atoms with Crippen molar-refractivity contribution in [3.63, 3.8) is 0 Å². The van der Waals surface area contributed by atoms with Gasteiger partial charge < -0.3 is 5.11 Å². The molecule has 2 aromatic rings. The van der Waals surface area contributed by atoms with Crippen LogP contribution in [0.3, 0.4) is 0 Å². The Hall–Kier alpha value is -1.46. The van der Waals surface area contributed by atoms with Gasteiger partial charge in [0.05, 0.1) is 11.3 Å². The third-order valence-electron chi connectivity index (χ3n) is 2.47. The first-order valence-electron chi connectivity index (χ1n) is 5.34. The predicted octanol–water partition coefficient (Wildman–Crippen LogP) is 1.84. The van der Waals surface area contributed by atoms with Crippen LogP contribution in [0, 0.1) is 0 Å². The van der Waals surface area contributed by atoms with Crippen molar-refractivity contribution < 1.29 is 18.3 Å². The van der Waals surface area contributed by atoms with Crippen LogP contribution >= 0.6 is 31.9 Å². The number of anilines is 1. The Balaban J connectivity index is 2.55. The highest BCUT2D eigenvalue weighted by Crippen LogP contribution is 2.30. The SMILES string of the molecule is Cn1nnc(Br)c1S(=O)(=O)Nc1c(Br)cccc1C(=O)O. The second-order valence-corrected chi connectivity index (χ2v) is 7.09. The summed E-state index contributed by atoms with van der Waals surface area (Å²) >= 11 is 6.12. The van der Waals surface area contributed by atoms with Gasteiger partial charge in [-0.25, -0.2) is 9.48 Å². The minimum atomic E-state index is -4.06. The van der Waals surface area contributed by atoms with Gasteiger partial charge in [0.25, 0.3) is 10.0 Å². The number of carboxylic acids is 1. The van der Waals surface area contributed by atoms with E-state index in [2.05, 4.69) is 46.9 Å². The number of nitrogens with zero attached hydrogens (tertiary/aromatic N) is 3. The van der Waals surface area contributed by atoms with Crippen LogP contribution in [0.2, 0.25) is 0 Å². The average molecular weight is 440 g/mol. The van der Waals surface area contributed by atoms with Crippen LogP contribution in [-0.4, -0.2) is 34.5 Å². The van der Waals surface area contributed by atoms with Crippen molar-refractivity contribution in [2.45, 2.75) is 5.03 Å². The van der Waals surface area contributed by atoms with Crippen LogP contribution in [-0.2, 0) is 17.1 Å². The number of nitrogens with one attached hydrogen (secondary N) is 1. The van der Waals surface area contributed by atoms with Crippen molar-refractivity contribution in [2.24, 2.45) is 7.05 Å². The number of carbonyl (C=O) groups is 1. The molecule has 0 bridgehead atoms. The van der Waals surface area contributed by atoms with E-state index in [0.717, 1.165) is 4.68 Å². The number of halogens is 2. The van der Waals surface area contributed by atoms with E-state index in [-0.39, 0.29) is 20.9 Å². The molecular weight excluding hydrogens is 432 g/mol. The summed E-state index contributed by atoms with van der Waals surface area (Å²) in [6.07, 6.45) is 0. The molecule has 1 aromatic carbocycles.